The summed E-state index contributed by atoms with van der Waals surface area (Å²) in [5, 5.41) is 10.3. The summed E-state index contributed by atoms with van der Waals surface area (Å²) in [6, 6.07) is 11.5. The Morgan fingerprint density at radius 1 is 1.15 bits per heavy atom. The van der Waals surface area contributed by atoms with Gasteiger partial charge in [0.1, 0.15) is 17.4 Å². The van der Waals surface area contributed by atoms with Gasteiger partial charge in [0.15, 0.2) is 0 Å². The minimum Gasteiger partial charge on any atom is -0.496 e. The zero-order valence-electron chi connectivity index (χ0n) is 15.4. The Bertz CT molecular complexity index is 752. The number of benzene rings is 2. The lowest BCUT2D eigenvalue weighted by Crippen LogP contribution is -2.36. The molecule has 0 bridgehead atoms. The van der Waals surface area contributed by atoms with Crippen molar-refractivity contribution in [2.75, 3.05) is 20.3 Å². The Morgan fingerprint density at radius 2 is 1.93 bits per heavy atom. The van der Waals surface area contributed by atoms with E-state index in [0.717, 1.165) is 30.2 Å². The summed E-state index contributed by atoms with van der Waals surface area (Å²) in [6.45, 7) is 1.25. The minimum absolute atomic E-state index is 0.174. The van der Waals surface area contributed by atoms with Crippen molar-refractivity contribution in [1.82, 2.24) is 4.90 Å². The zero-order chi connectivity index (χ0) is 19.2. The average molecular weight is 377 g/mol. The highest BCUT2D eigenvalue weighted by Crippen LogP contribution is 2.29. The van der Waals surface area contributed by atoms with E-state index in [-0.39, 0.29) is 6.61 Å². The summed E-state index contributed by atoms with van der Waals surface area (Å²) < 4.78 is 37.9. The van der Waals surface area contributed by atoms with E-state index in [2.05, 4.69) is 0 Å². The largest absolute Gasteiger partial charge is 0.496 e. The van der Waals surface area contributed by atoms with Crippen LogP contribution >= 0.6 is 0 Å². The van der Waals surface area contributed by atoms with Gasteiger partial charge < -0.3 is 14.6 Å². The molecule has 3 rings (SSSR count). The predicted molar refractivity (Wildman–Crippen MR) is 98.4 cm³/mol. The van der Waals surface area contributed by atoms with Gasteiger partial charge in [-0.1, -0.05) is 24.3 Å². The second kappa shape index (κ2) is 9.26. The lowest BCUT2D eigenvalue weighted by molar-refractivity contribution is 0.00643. The van der Waals surface area contributed by atoms with Crippen LogP contribution in [0.2, 0.25) is 0 Å². The Kier molecular flexibility index (Phi) is 6.77. The Labute approximate surface area is 158 Å². The third-order valence-electron chi connectivity index (χ3n) is 4.66. The smallest absolute Gasteiger partial charge is 0.130 e. The number of aliphatic hydroxyl groups excluding tert-OH is 1. The van der Waals surface area contributed by atoms with Gasteiger partial charge in [-0.2, -0.15) is 0 Å². The topological polar surface area (TPSA) is 41.9 Å². The summed E-state index contributed by atoms with van der Waals surface area (Å²) >= 11 is 0. The van der Waals surface area contributed by atoms with E-state index in [1.165, 1.54) is 12.1 Å². The standard InChI is InChI=1S/C21H25F2NO3/c1-26-21-5-3-2-4-16(21)13-27-14-19(25)12-24(18-8-9-18)11-15-6-7-17(22)10-20(15)23/h2-7,10,18-19,25H,8-9,11-14H2,1H3. The van der Waals surface area contributed by atoms with Crippen molar-refractivity contribution in [2.45, 2.75) is 38.1 Å². The maximum atomic E-state index is 13.9. The summed E-state index contributed by atoms with van der Waals surface area (Å²) in [5.41, 5.74) is 1.35. The highest BCUT2D eigenvalue weighted by Gasteiger charge is 2.30. The number of aliphatic hydroxyl groups is 1. The number of nitrogens with zero attached hydrogens (tertiary/aromatic N) is 1. The maximum absolute atomic E-state index is 13.9. The minimum atomic E-state index is -0.691. The van der Waals surface area contributed by atoms with Gasteiger partial charge in [-0.25, -0.2) is 8.78 Å². The van der Waals surface area contributed by atoms with E-state index in [9.17, 15) is 13.9 Å². The molecule has 0 aliphatic heterocycles. The zero-order valence-corrected chi connectivity index (χ0v) is 15.4. The van der Waals surface area contributed by atoms with Gasteiger partial charge in [0.05, 0.1) is 26.4 Å². The van der Waals surface area contributed by atoms with Crippen LogP contribution in [0.4, 0.5) is 8.78 Å². The molecular formula is C21H25F2NO3. The van der Waals surface area contributed by atoms with Gasteiger partial charge >= 0.3 is 0 Å². The van der Waals surface area contributed by atoms with Crippen LogP contribution in [0, 0.1) is 11.6 Å². The molecule has 2 aromatic rings. The van der Waals surface area contributed by atoms with Crippen LogP contribution in [-0.4, -0.2) is 42.4 Å². The van der Waals surface area contributed by atoms with Gasteiger partial charge in [-0.15, -0.1) is 0 Å². The molecule has 1 atom stereocenters. The van der Waals surface area contributed by atoms with Crippen LogP contribution < -0.4 is 4.74 Å². The fourth-order valence-electron chi connectivity index (χ4n) is 3.10. The summed E-state index contributed by atoms with van der Waals surface area (Å²) in [5.74, 6) is -0.389. The lowest BCUT2D eigenvalue weighted by Gasteiger charge is -2.25. The molecule has 0 spiro atoms. The molecule has 0 saturated heterocycles. The van der Waals surface area contributed by atoms with E-state index in [1.54, 1.807) is 7.11 Å². The van der Waals surface area contributed by atoms with E-state index in [4.69, 9.17) is 9.47 Å². The Balaban J connectivity index is 1.51. The predicted octanol–water partition coefficient (Wildman–Crippen LogP) is 3.52. The Hall–Kier alpha value is -2.02. The van der Waals surface area contributed by atoms with Crippen molar-refractivity contribution in [3.63, 3.8) is 0 Å². The maximum Gasteiger partial charge on any atom is 0.130 e. The average Bonchev–Trinajstić information content (AvgIpc) is 3.49. The SMILES string of the molecule is COc1ccccc1COCC(O)CN(Cc1ccc(F)cc1F)C1CC1. The molecule has 1 unspecified atom stereocenters. The Morgan fingerprint density at radius 3 is 2.63 bits per heavy atom. The summed E-state index contributed by atoms with van der Waals surface area (Å²) in [7, 11) is 1.61. The van der Waals surface area contributed by atoms with Crippen LogP contribution in [0.3, 0.4) is 0 Å². The van der Waals surface area contributed by atoms with Crippen LogP contribution in [0.25, 0.3) is 0 Å². The molecule has 4 nitrogen and oxygen atoms in total. The number of para-hydroxylation sites is 1. The van der Waals surface area contributed by atoms with E-state index >= 15 is 0 Å². The molecule has 2 aromatic carbocycles. The number of hydrogen-bond donors (Lipinski definition) is 1. The molecule has 27 heavy (non-hydrogen) atoms. The third-order valence-corrected chi connectivity index (χ3v) is 4.66. The number of rotatable bonds is 10. The normalized spacial score (nSPS) is 15.1. The number of methoxy groups -OCH3 is 1. The molecule has 1 aliphatic carbocycles. The van der Waals surface area contributed by atoms with Crippen molar-refractivity contribution in [3.8, 4) is 5.75 Å². The van der Waals surface area contributed by atoms with E-state index < -0.39 is 17.7 Å². The fraction of sp³-hybridized carbons (Fsp3) is 0.429. The molecular weight excluding hydrogens is 352 g/mol. The third kappa shape index (κ3) is 5.73. The van der Waals surface area contributed by atoms with Gasteiger partial charge in [-0.05, 0) is 25.0 Å². The highest BCUT2D eigenvalue weighted by atomic mass is 19.1. The second-order valence-corrected chi connectivity index (χ2v) is 6.88. The van der Waals surface area contributed by atoms with Crippen LogP contribution in [0.1, 0.15) is 24.0 Å². The first-order valence-electron chi connectivity index (χ1n) is 9.12. The molecule has 146 valence electrons. The molecule has 0 amide bonds. The summed E-state index contributed by atoms with van der Waals surface area (Å²) in [6.07, 6.45) is 1.36. The number of hydrogen-bond acceptors (Lipinski definition) is 4. The monoisotopic (exact) mass is 377 g/mol. The molecule has 1 saturated carbocycles. The molecule has 0 radical (unpaired) electrons. The van der Waals surface area contributed by atoms with Crippen LogP contribution in [-0.2, 0) is 17.9 Å². The first-order chi connectivity index (χ1) is 13.1. The van der Waals surface area contributed by atoms with Crippen LogP contribution in [0.5, 0.6) is 5.75 Å². The van der Waals surface area contributed by atoms with Crippen molar-refractivity contribution in [3.05, 3.63) is 65.2 Å². The van der Waals surface area contributed by atoms with Crippen molar-refractivity contribution >= 4 is 0 Å². The quantitative estimate of drug-likeness (QED) is 0.688. The number of ether oxygens (including phenoxy) is 2. The summed E-state index contributed by atoms with van der Waals surface area (Å²) in [4.78, 5) is 2.04. The molecule has 1 N–H and O–H groups in total. The number of halogens is 2. The van der Waals surface area contributed by atoms with Gasteiger partial charge in [0, 0.05) is 36.3 Å². The lowest BCUT2D eigenvalue weighted by atomic mass is 10.2. The van der Waals surface area contributed by atoms with Crippen molar-refractivity contribution < 1.29 is 23.4 Å². The molecule has 6 heteroatoms. The fourth-order valence-corrected chi connectivity index (χ4v) is 3.10. The highest BCUT2D eigenvalue weighted by molar-refractivity contribution is 5.32. The molecule has 0 aromatic heterocycles. The molecule has 0 heterocycles. The van der Waals surface area contributed by atoms with Gasteiger partial charge in [0.2, 0.25) is 0 Å². The van der Waals surface area contributed by atoms with Gasteiger partial charge in [-0.3, -0.25) is 4.90 Å². The van der Waals surface area contributed by atoms with E-state index in [0.29, 0.717) is 31.3 Å². The first kappa shape index (κ1) is 19.7. The second-order valence-electron chi connectivity index (χ2n) is 6.88. The molecule has 1 fully saturated rings. The van der Waals surface area contributed by atoms with Crippen molar-refractivity contribution in [2.24, 2.45) is 0 Å². The molecule has 1 aliphatic rings. The van der Waals surface area contributed by atoms with Crippen molar-refractivity contribution in [1.29, 1.82) is 0 Å². The first-order valence-corrected chi connectivity index (χ1v) is 9.12. The van der Waals surface area contributed by atoms with Gasteiger partial charge in [0.25, 0.3) is 0 Å². The van der Waals surface area contributed by atoms with Crippen LogP contribution in [0.15, 0.2) is 42.5 Å². The van der Waals surface area contributed by atoms with E-state index in [1.807, 2.05) is 29.2 Å².